The molecule has 3 rings (SSSR count). The molecule has 1 heterocycles. The van der Waals surface area contributed by atoms with Crippen LogP contribution in [-0.2, 0) is 19.6 Å². The lowest BCUT2D eigenvalue weighted by Crippen LogP contribution is -2.42. The summed E-state index contributed by atoms with van der Waals surface area (Å²) < 4.78 is 38.2. The Morgan fingerprint density at radius 3 is 2.45 bits per heavy atom. The van der Waals surface area contributed by atoms with Crippen molar-refractivity contribution < 1.29 is 22.7 Å². The Kier molecular flexibility index (Phi) is 8.39. The first-order chi connectivity index (χ1) is 14.8. The van der Waals surface area contributed by atoms with Gasteiger partial charge in [-0.15, -0.1) is 0 Å². The van der Waals surface area contributed by atoms with Gasteiger partial charge in [0.1, 0.15) is 5.75 Å². The van der Waals surface area contributed by atoms with Crippen LogP contribution in [0.4, 0.5) is 5.69 Å². The number of halogens is 2. The fraction of sp³-hybridized carbons (Fsp3) is 0.350. The Labute approximate surface area is 191 Å². The maximum absolute atomic E-state index is 12.5. The molecule has 0 unspecified atom stereocenters. The molecular weight excluding hydrogens is 465 g/mol. The SMILES string of the molecule is O=C(COc1ccc(S(=O)(=O)Nc2ccc(Cl)c(Cl)c2)cc1)NCCN1CCOCC1. The molecule has 2 aromatic rings. The summed E-state index contributed by atoms with van der Waals surface area (Å²) in [6.07, 6.45) is 0. The number of carbonyl (C=O) groups excluding carboxylic acids is 1. The molecule has 0 aliphatic carbocycles. The smallest absolute Gasteiger partial charge is 0.261 e. The zero-order valence-corrected chi connectivity index (χ0v) is 19.0. The molecular formula is C20H23Cl2N3O5S. The third kappa shape index (κ3) is 7.26. The van der Waals surface area contributed by atoms with E-state index in [1.807, 2.05) is 0 Å². The second-order valence-electron chi connectivity index (χ2n) is 6.80. The first-order valence-electron chi connectivity index (χ1n) is 9.61. The molecule has 1 saturated heterocycles. The van der Waals surface area contributed by atoms with Gasteiger partial charge < -0.3 is 14.8 Å². The van der Waals surface area contributed by atoms with Crippen LogP contribution < -0.4 is 14.8 Å². The van der Waals surface area contributed by atoms with Gasteiger partial charge in [0.2, 0.25) is 0 Å². The normalized spacial score (nSPS) is 14.8. The summed E-state index contributed by atoms with van der Waals surface area (Å²) in [5, 5.41) is 3.37. The second-order valence-corrected chi connectivity index (χ2v) is 9.30. The standard InChI is InChI=1S/C20H23Cl2N3O5S/c21-18-6-1-15(13-19(18)22)24-31(27,28)17-4-2-16(3-5-17)30-14-20(26)23-7-8-25-9-11-29-12-10-25/h1-6,13,24H,7-12,14H2,(H,23,26). The molecule has 0 radical (unpaired) electrons. The minimum atomic E-state index is -3.81. The van der Waals surface area contributed by atoms with Crippen LogP contribution >= 0.6 is 23.2 Å². The summed E-state index contributed by atoms with van der Waals surface area (Å²) >= 11 is 11.8. The number of sulfonamides is 1. The highest BCUT2D eigenvalue weighted by Gasteiger charge is 2.15. The number of ether oxygens (including phenoxy) is 2. The van der Waals surface area contributed by atoms with E-state index in [0.717, 1.165) is 19.6 Å². The van der Waals surface area contributed by atoms with Crippen LogP contribution in [0.5, 0.6) is 5.75 Å². The number of hydrogen-bond donors (Lipinski definition) is 2. The van der Waals surface area contributed by atoms with E-state index in [0.29, 0.717) is 36.2 Å². The number of rotatable bonds is 9. The zero-order chi connectivity index (χ0) is 22.3. The number of benzene rings is 2. The summed E-state index contributed by atoms with van der Waals surface area (Å²) in [7, 11) is -3.81. The lowest BCUT2D eigenvalue weighted by Gasteiger charge is -2.26. The number of nitrogens with one attached hydrogen (secondary N) is 2. The van der Waals surface area contributed by atoms with Crippen LogP contribution in [0.25, 0.3) is 0 Å². The first-order valence-corrected chi connectivity index (χ1v) is 11.8. The Balaban J connectivity index is 1.46. The number of carbonyl (C=O) groups is 1. The minimum absolute atomic E-state index is 0.0425. The average Bonchev–Trinajstić information content (AvgIpc) is 2.76. The van der Waals surface area contributed by atoms with Crippen molar-refractivity contribution in [2.24, 2.45) is 0 Å². The Morgan fingerprint density at radius 2 is 1.77 bits per heavy atom. The van der Waals surface area contributed by atoms with E-state index >= 15 is 0 Å². The molecule has 0 atom stereocenters. The van der Waals surface area contributed by atoms with E-state index in [2.05, 4.69) is 14.9 Å². The first kappa shape index (κ1) is 23.6. The van der Waals surface area contributed by atoms with E-state index in [1.165, 1.54) is 42.5 Å². The Hall–Kier alpha value is -2.04. The van der Waals surface area contributed by atoms with Crippen molar-refractivity contribution in [3.8, 4) is 5.75 Å². The number of nitrogens with zero attached hydrogens (tertiary/aromatic N) is 1. The molecule has 1 fully saturated rings. The molecule has 2 aromatic carbocycles. The van der Waals surface area contributed by atoms with Crippen molar-refractivity contribution in [1.29, 1.82) is 0 Å². The summed E-state index contributed by atoms with van der Waals surface area (Å²) in [4.78, 5) is 14.2. The van der Waals surface area contributed by atoms with Crippen molar-refractivity contribution in [3.63, 3.8) is 0 Å². The average molecular weight is 488 g/mol. The molecule has 8 nitrogen and oxygen atoms in total. The minimum Gasteiger partial charge on any atom is -0.484 e. The fourth-order valence-corrected chi connectivity index (χ4v) is 4.21. The molecule has 1 aliphatic heterocycles. The van der Waals surface area contributed by atoms with Gasteiger partial charge in [0.15, 0.2) is 6.61 Å². The summed E-state index contributed by atoms with van der Waals surface area (Å²) in [6, 6.07) is 10.2. The molecule has 168 valence electrons. The van der Waals surface area contributed by atoms with Gasteiger partial charge in [-0.05, 0) is 42.5 Å². The molecule has 11 heteroatoms. The number of amides is 1. The van der Waals surface area contributed by atoms with Crippen LogP contribution in [-0.4, -0.2) is 65.2 Å². The lowest BCUT2D eigenvalue weighted by atomic mass is 10.3. The van der Waals surface area contributed by atoms with Gasteiger partial charge in [-0.1, -0.05) is 23.2 Å². The van der Waals surface area contributed by atoms with Crippen LogP contribution in [0, 0.1) is 0 Å². The van der Waals surface area contributed by atoms with E-state index in [1.54, 1.807) is 0 Å². The Bertz CT molecular complexity index is 996. The van der Waals surface area contributed by atoms with Crippen molar-refractivity contribution in [3.05, 3.63) is 52.5 Å². The van der Waals surface area contributed by atoms with Gasteiger partial charge in [-0.3, -0.25) is 14.4 Å². The van der Waals surface area contributed by atoms with Gasteiger partial charge in [0.05, 0.1) is 33.8 Å². The van der Waals surface area contributed by atoms with Crippen LogP contribution in [0.15, 0.2) is 47.4 Å². The predicted octanol–water partition coefficient (Wildman–Crippen LogP) is 2.62. The number of hydrogen-bond acceptors (Lipinski definition) is 6. The molecule has 31 heavy (non-hydrogen) atoms. The highest BCUT2D eigenvalue weighted by molar-refractivity contribution is 7.92. The molecule has 1 aliphatic rings. The quantitative estimate of drug-likeness (QED) is 0.564. The van der Waals surface area contributed by atoms with Gasteiger partial charge in [0.25, 0.3) is 15.9 Å². The monoisotopic (exact) mass is 487 g/mol. The van der Waals surface area contributed by atoms with Crippen molar-refractivity contribution in [1.82, 2.24) is 10.2 Å². The zero-order valence-electron chi connectivity index (χ0n) is 16.6. The largest absolute Gasteiger partial charge is 0.484 e. The molecule has 1 amide bonds. The van der Waals surface area contributed by atoms with Crippen molar-refractivity contribution in [2.75, 3.05) is 50.7 Å². The number of anilines is 1. The highest BCUT2D eigenvalue weighted by atomic mass is 35.5. The maximum atomic E-state index is 12.5. The molecule has 0 saturated carbocycles. The van der Waals surface area contributed by atoms with Crippen LogP contribution in [0.2, 0.25) is 10.0 Å². The summed E-state index contributed by atoms with van der Waals surface area (Å²) in [6.45, 7) is 4.28. The Morgan fingerprint density at radius 1 is 1.06 bits per heavy atom. The fourth-order valence-electron chi connectivity index (χ4n) is 2.87. The van der Waals surface area contributed by atoms with E-state index < -0.39 is 10.0 Å². The van der Waals surface area contributed by atoms with E-state index in [-0.39, 0.29) is 22.4 Å². The predicted molar refractivity (Wildman–Crippen MR) is 119 cm³/mol. The molecule has 0 aromatic heterocycles. The van der Waals surface area contributed by atoms with Crippen molar-refractivity contribution in [2.45, 2.75) is 4.90 Å². The van der Waals surface area contributed by atoms with Gasteiger partial charge >= 0.3 is 0 Å². The maximum Gasteiger partial charge on any atom is 0.261 e. The van der Waals surface area contributed by atoms with Crippen LogP contribution in [0.3, 0.4) is 0 Å². The molecule has 2 N–H and O–H groups in total. The van der Waals surface area contributed by atoms with E-state index in [4.69, 9.17) is 32.7 Å². The van der Waals surface area contributed by atoms with Crippen molar-refractivity contribution >= 4 is 44.8 Å². The summed E-state index contributed by atoms with van der Waals surface area (Å²) in [5.74, 6) is 0.142. The number of morpholine rings is 1. The topological polar surface area (TPSA) is 97.0 Å². The lowest BCUT2D eigenvalue weighted by molar-refractivity contribution is -0.123. The second kappa shape index (κ2) is 11.0. The highest BCUT2D eigenvalue weighted by Crippen LogP contribution is 2.26. The molecule has 0 spiro atoms. The van der Waals surface area contributed by atoms with Gasteiger partial charge in [-0.2, -0.15) is 0 Å². The third-order valence-electron chi connectivity index (χ3n) is 4.53. The van der Waals surface area contributed by atoms with Crippen LogP contribution in [0.1, 0.15) is 0 Å². The van der Waals surface area contributed by atoms with Gasteiger partial charge in [-0.25, -0.2) is 8.42 Å². The third-order valence-corrected chi connectivity index (χ3v) is 6.67. The summed E-state index contributed by atoms with van der Waals surface area (Å²) in [5.41, 5.74) is 0.295. The van der Waals surface area contributed by atoms with E-state index in [9.17, 15) is 13.2 Å². The van der Waals surface area contributed by atoms with Gasteiger partial charge in [0, 0.05) is 26.2 Å². The molecule has 0 bridgehead atoms.